The van der Waals surface area contributed by atoms with E-state index in [1.54, 1.807) is 0 Å². The first-order valence-corrected chi connectivity index (χ1v) is 13.9. The van der Waals surface area contributed by atoms with Crippen LogP contribution in [0.3, 0.4) is 0 Å². The summed E-state index contributed by atoms with van der Waals surface area (Å²) in [5, 5.41) is 6.30. The molecule has 5 nitrogen and oxygen atoms in total. The highest BCUT2D eigenvalue weighted by Gasteiger charge is 2.20. The first kappa shape index (κ1) is 22.9. The van der Waals surface area contributed by atoms with Crippen LogP contribution in [-0.2, 0) is 0 Å². The fourth-order valence-corrected chi connectivity index (χ4v) is 6.07. The standard InChI is InChI=1S/C37H21N3O2/c1-2-10-23(11-3-1)35-38-36(40-37(39-35)27-16-9-19-30-33(27)24-13-4-6-17-28(24)41-30)26-15-8-12-22-20-21-31-34(32(22)26)25-14-5-7-18-29(25)42-31/h1-21H. The van der Waals surface area contributed by atoms with Gasteiger partial charge >= 0.3 is 0 Å². The Morgan fingerprint density at radius 1 is 0.357 bits per heavy atom. The zero-order valence-corrected chi connectivity index (χ0v) is 22.3. The van der Waals surface area contributed by atoms with Gasteiger partial charge in [-0.15, -0.1) is 0 Å². The molecule has 0 aliphatic rings. The summed E-state index contributed by atoms with van der Waals surface area (Å²) >= 11 is 0. The summed E-state index contributed by atoms with van der Waals surface area (Å²) in [6.07, 6.45) is 0. The number of aromatic nitrogens is 3. The lowest BCUT2D eigenvalue weighted by atomic mass is 9.98. The van der Waals surface area contributed by atoms with Crippen LogP contribution in [-0.4, -0.2) is 15.0 Å². The minimum atomic E-state index is 0.595. The predicted molar refractivity (Wildman–Crippen MR) is 168 cm³/mol. The minimum absolute atomic E-state index is 0.595. The Morgan fingerprint density at radius 2 is 0.905 bits per heavy atom. The molecule has 0 aliphatic heterocycles. The second-order valence-corrected chi connectivity index (χ2v) is 10.4. The molecule has 0 atom stereocenters. The van der Waals surface area contributed by atoms with Crippen molar-refractivity contribution in [1.29, 1.82) is 0 Å². The van der Waals surface area contributed by atoms with E-state index in [0.717, 1.165) is 71.3 Å². The molecule has 3 heterocycles. The summed E-state index contributed by atoms with van der Waals surface area (Å²) in [6.45, 7) is 0. The molecular weight excluding hydrogens is 518 g/mol. The van der Waals surface area contributed by atoms with Crippen LogP contribution in [0.5, 0.6) is 0 Å². The zero-order chi connectivity index (χ0) is 27.6. The number of rotatable bonds is 3. The molecule has 196 valence electrons. The lowest BCUT2D eigenvalue weighted by Crippen LogP contribution is -2.01. The third kappa shape index (κ3) is 3.40. The van der Waals surface area contributed by atoms with Gasteiger partial charge in [-0.05, 0) is 29.7 Å². The summed E-state index contributed by atoms with van der Waals surface area (Å²) in [5.41, 5.74) is 6.07. The van der Waals surface area contributed by atoms with Gasteiger partial charge in [0.05, 0.1) is 0 Å². The van der Waals surface area contributed by atoms with Crippen molar-refractivity contribution < 1.29 is 8.83 Å². The first-order chi connectivity index (χ1) is 20.8. The highest BCUT2D eigenvalue weighted by molar-refractivity contribution is 6.22. The number of fused-ring (bicyclic) bond motifs is 8. The zero-order valence-electron chi connectivity index (χ0n) is 22.3. The van der Waals surface area contributed by atoms with Crippen molar-refractivity contribution >= 4 is 54.6 Å². The van der Waals surface area contributed by atoms with Crippen molar-refractivity contribution in [3.8, 4) is 34.2 Å². The Balaban J connectivity index is 1.39. The average Bonchev–Trinajstić information content (AvgIpc) is 3.63. The summed E-state index contributed by atoms with van der Waals surface area (Å²) in [7, 11) is 0. The summed E-state index contributed by atoms with van der Waals surface area (Å²) in [5.74, 6) is 1.81. The third-order valence-corrected chi connectivity index (χ3v) is 7.94. The molecule has 6 aromatic carbocycles. The molecule has 42 heavy (non-hydrogen) atoms. The number of hydrogen-bond acceptors (Lipinski definition) is 5. The molecule has 5 heteroatoms. The molecule has 0 saturated carbocycles. The summed E-state index contributed by atoms with van der Waals surface area (Å²) < 4.78 is 12.5. The molecule has 0 radical (unpaired) electrons. The Morgan fingerprint density at radius 3 is 1.64 bits per heavy atom. The maximum Gasteiger partial charge on any atom is 0.164 e. The number of hydrogen-bond donors (Lipinski definition) is 0. The van der Waals surface area contributed by atoms with Gasteiger partial charge in [0.2, 0.25) is 0 Å². The van der Waals surface area contributed by atoms with Gasteiger partial charge in [0.15, 0.2) is 17.5 Å². The minimum Gasteiger partial charge on any atom is -0.456 e. The van der Waals surface area contributed by atoms with E-state index in [2.05, 4.69) is 42.5 Å². The van der Waals surface area contributed by atoms with E-state index in [1.807, 2.05) is 84.9 Å². The molecule has 0 bridgehead atoms. The summed E-state index contributed by atoms with van der Waals surface area (Å²) in [6, 6.07) is 42.8. The molecular formula is C37H21N3O2. The Bertz CT molecular complexity index is 2470. The fourth-order valence-electron chi connectivity index (χ4n) is 6.07. The molecule has 3 aromatic heterocycles. The van der Waals surface area contributed by atoms with Crippen molar-refractivity contribution in [2.24, 2.45) is 0 Å². The van der Waals surface area contributed by atoms with Crippen LogP contribution in [0, 0.1) is 0 Å². The molecule has 0 amide bonds. The average molecular weight is 540 g/mol. The van der Waals surface area contributed by atoms with Crippen LogP contribution in [0.2, 0.25) is 0 Å². The fraction of sp³-hybridized carbons (Fsp3) is 0. The molecule has 0 aliphatic carbocycles. The maximum atomic E-state index is 6.25. The predicted octanol–water partition coefficient (Wildman–Crippen LogP) is 9.82. The summed E-state index contributed by atoms with van der Waals surface area (Å²) in [4.78, 5) is 15.3. The van der Waals surface area contributed by atoms with Crippen molar-refractivity contribution in [3.63, 3.8) is 0 Å². The largest absolute Gasteiger partial charge is 0.456 e. The van der Waals surface area contributed by atoms with Gasteiger partial charge in [-0.1, -0.05) is 103 Å². The molecule has 0 N–H and O–H groups in total. The van der Waals surface area contributed by atoms with Crippen LogP contribution in [0.15, 0.2) is 136 Å². The molecule has 0 spiro atoms. The van der Waals surface area contributed by atoms with E-state index in [1.165, 1.54) is 0 Å². The lowest BCUT2D eigenvalue weighted by Gasteiger charge is -2.11. The van der Waals surface area contributed by atoms with Crippen molar-refractivity contribution in [2.45, 2.75) is 0 Å². The van der Waals surface area contributed by atoms with Crippen LogP contribution in [0.1, 0.15) is 0 Å². The van der Waals surface area contributed by atoms with E-state index in [-0.39, 0.29) is 0 Å². The first-order valence-electron chi connectivity index (χ1n) is 13.9. The SMILES string of the molecule is c1ccc(-c2nc(-c3cccc4oc5ccccc5c34)nc(-c3cccc4ccc5oc6ccccc6c5c34)n2)cc1. The van der Waals surface area contributed by atoms with E-state index in [0.29, 0.717) is 17.5 Å². The number of benzene rings is 6. The Hall–Kier alpha value is -5.81. The van der Waals surface area contributed by atoms with Gasteiger partial charge < -0.3 is 8.83 Å². The monoisotopic (exact) mass is 539 g/mol. The third-order valence-electron chi connectivity index (χ3n) is 7.94. The molecule has 0 fully saturated rings. The van der Waals surface area contributed by atoms with Crippen molar-refractivity contribution in [3.05, 3.63) is 127 Å². The van der Waals surface area contributed by atoms with Gasteiger partial charge in [0.25, 0.3) is 0 Å². The van der Waals surface area contributed by atoms with Crippen molar-refractivity contribution in [1.82, 2.24) is 15.0 Å². The van der Waals surface area contributed by atoms with Gasteiger partial charge in [0, 0.05) is 43.6 Å². The second-order valence-electron chi connectivity index (χ2n) is 10.4. The maximum absolute atomic E-state index is 6.25. The number of para-hydroxylation sites is 2. The van der Waals surface area contributed by atoms with Gasteiger partial charge in [-0.2, -0.15) is 0 Å². The van der Waals surface area contributed by atoms with Gasteiger partial charge in [-0.3, -0.25) is 0 Å². The van der Waals surface area contributed by atoms with Crippen LogP contribution < -0.4 is 0 Å². The van der Waals surface area contributed by atoms with Gasteiger partial charge in [0.1, 0.15) is 22.3 Å². The van der Waals surface area contributed by atoms with Crippen LogP contribution in [0.25, 0.3) is 88.8 Å². The van der Waals surface area contributed by atoms with E-state index >= 15 is 0 Å². The highest BCUT2D eigenvalue weighted by atomic mass is 16.3. The number of nitrogens with zero attached hydrogens (tertiary/aromatic N) is 3. The highest BCUT2D eigenvalue weighted by Crippen LogP contribution is 2.40. The van der Waals surface area contributed by atoms with Gasteiger partial charge in [-0.25, -0.2) is 15.0 Å². The Labute approximate surface area is 239 Å². The quantitative estimate of drug-likeness (QED) is 0.224. The van der Waals surface area contributed by atoms with Crippen molar-refractivity contribution in [2.75, 3.05) is 0 Å². The normalized spacial score (nSPS) is 11.8. The molecule has 9 rings (SSSR count). The van der Waals surface area contributed by atoms with Crippen LogP contribution >= 0.6 is 0 Å². The molecule has 9 aromatic rings. The van der Waals surface area contributed by atoms with E-state index < -0.39 is 0 Å². The van der Waals surface area contributed by atoms with Crippen LogP contribution in [0.4, 0.5) is 0 Å². The van der Waals surface area contributed by atoms with E-state index in [4.69, 9.17) is 23.8 Å². The lowest BCUT2D eigenvalue weighted by molar-refractivity contribution is 0.668. The van der Waals surface area contributed by atoms with E-state index in [9.17, 15) is 0 Å². The number of furan rings is 2. The smallest absolute Gasteiger partial charge is 0.164 e. The second kappa shape index (κ2) is 8.85. The molecule has 0 unspecified atom stereocenters. The topological polar surface area (TPSA) is 65.0 Å². The Kier molecular flexibility index (Phi) is 4.83. The molecule has 0 saturated heterocycles.